The first-order valence-corrected chi connectivity index (χ1v) is 7.99. The number of unbranched alkanes of at least 4 members (excludes halogenated alkanes) is 1. The molecule has 3 heteroatoms. The second kappa shape index (κ2) is 9.13. The Hall–Kier alpha value is -0.830. The van der Waals surface area contributed by atoms with E-state index in [4.69, 9.17) is 0 Å². The van der Waals surface area contributed by atoms with E-state index < -0.39 is 0 Å². The molecule has 0 aliphatic carbocycles. The molecule has 1 aromatic rings. The summed E-state index contributed by atoms with van der Waals surface area (Å²) in [5, 5.41) is 8.07. The molecule has 2 atom stereocenters. The van der Waals surface area contributed by atoms with Crippen molar-refractivity contribution in [3.63, 3.8) is 0 Å². The molecule has 0 fully saturated rings. The monoisotopic (exact) mass is 265 g/mol. The van der Waals surface area contributed by atoms with E-state index in [1.807, 2.05) is 10.9 Å². The summed E-state index contributed by atoms with van der Waals surface area (Å²) in [6, 6.07) is 0.594. The number of hydrogen-bond acceptors (Lipinski definition) is 2. The maximum Gasteiger partial charge on any atom is 0.0522 e. The fraction of sp³-hybridized carbons (Fsp3) is 0.812. The third-order valence-corrected chi connectivity index (χ3v) is 3.95. The molecule has 0 aliphatic rings. The summed E-state index contributed by atoms with van der Waals surface area (Å²) in [5.41, 5.74) is 1.36. The van der Waals surface area contributed by atoms with E-state index in [-0.39, 0.29) is 0 Å². The van der Waals surface area contributed by atoms with Crippen LogP contribution in [-0.2, 0) is 13.0 Å². The summed E-state index contributed by atoms with van der Waals surface area (Å²) >= 11 is 0. The van der Waals surface area contributed by atoms with Gasteiger partial charge in [0.05, 0.1) is 6.20 Å². The van der Waals surface area contributed by atoms with Gasteiger partial charge in [-0.1, -0.05) is 40.0 Å². The molecule has 1 aromatic heterocycles. The summed E-state index contributed by atoms with van der Waals surface area (Å²) in [6.07, 6.45) is 10.6. The summed E-state index contributed by atoms with van der Waals surface area (Å²) < 4.78 is 2.02. The largest absolute Gasteiger partial charge is 0.314 e. The number of nitrogens with one attached hydrogen (secondary N) is 1. The highest BCUT2D eigenvalue weighted by Crippen LogP contribution is 2.20. The van der Waals surface area contributed by atoms with Crippen molar-refractivity contribution in [2.45, 2.75) is 72.4 Å². The molecule has 19 heavy (non-hydrogen) atoms. The van der Waals surface area contributed by atoms with E-state index in [1.54, 1.807) is 0 Å². The zero-order chi connectivity index (χ0) is 14.1. The molecule has 0 aliphatic heterocycles. The zero-order valence-corrected chi connectivity index (χ0v) is 13.2. The van der Waals surface area contributed by atoms with Crippen LogP contribution in [0.25, 0.3) is 0 Å². The van der Waals surface area contributed by atoms with E-state index in [1.165, 1.54) is 31.2 Å². The molecule has 0 spiro atoms. The van der Waals surface area contributed by atoms with E-state index in [0.717, 1.165) is 25.4 Å². The number of aromatic nitrogens is 2. The van der Waals surface area contributed by atoms with Gasteiger partial charge in [0.15, 0.2) is 0 Å². The first-order chi connectivity index (χ1) is 9.24. The second-order valence-corrected chi connectivity index (χ2v) is 5.38. The summed E-state index contributed by atoms with van der Waals surface area (Å²) in [4.78, 5) is 0. The number of aryl methyl sites for hydroxylation is 1. The molecule has 0 saturated heterocycles. The van der Waals surface area contributed by atoms with E-state index in [9.17, 15) is 0 Å². The van der Waals surface area contributed by atoms with Crippen molar-refractivity contribution >= 4 is 0 Å². The van der Waals surface area contributed by atoms with Crippen LogP contribution in [0.1, 0.15) is 58.9 Å². The van der Waals surface area contributed by atoms with Crippen LogP contribution >= 0.6 is 0 Å². The van der Waals surface area contributed by atoms with Crippen LogP contribution in [0.5, 0.6) is 0 Å². The van der Waals surface area contributed by atoms with Gasteiger partial charge >= 0.3 is 0 Å². The van der Waals surface area contributed by atoms with Gasteiger partial charge in [-0.3, -0.25) is 4.68 Å². The first kappa shape index (κ1) is 16.2. The minimum absolute atomic E-state index is 0.594. The number of likely N-dealkylation sites (N-methyl/N-ethyl adjacent to an activating group) is 1. The maximum absolute atomic E-state index is 4.38. The van der Waals surface area contributed by atoms with Gasteiger partial charge in [0.2, 0.25) is 0 Å². The molecule has 1 rings (SSSR count). The fourth-order valence-electron chi connectivity index (χ4n) is 2.76. The van der Waals surface area contributed by atoms with E-state index >= 15 is 0 Å². The molecule has 0 radical (unpaired) electrons. The fourth-order valence-corrected chi connectivity index (χ4v) is 2.76. The Labute approximate surface area is 118 Å². The van der Waals surface area contributed by atoms with Crippen molar-refractivity contribution in [3.05, 3.63) is 18.0 Å². The van der Waals surface area contributed by atoms with Crippen molar-refractivity contribution in [1.29, 1.82) is 0 Å². The van der Waals surface area contributed by atoms with Gasteiger partial charge < -0.3 is 5.32 Å². The highest BCUT2D eigenvalue weighted by molar-refractivity contribution is 5.07. The Kier molecular flexibility index (Phi) is 7.80. The number of rotatable bonds is 10. The molecular formula is C16H31N3. The average Bonchev–Trinajstić information content (AvgIpc) is 2.87. The molecular weight excluding hydrogens is 234 g/mol. The van der Waals surface area contributed by atoms with Crippen LogP contribution in [0.4, 0.5) is 0 Å². The Bertz CT molecular complexity index is 332. The quantitative estimate of drug-likeness (QED) is 0.700. The molecule has 0 amide bonds. The molecule has 1 N–H and O–H groups in total. The molecule has 110 valence electrons. The number of hydrogen-bond donors (Lipinski definition) is 1. The lowest BCUT2D eigenvalue weighted by molar-refractivity contribution is 0.319. The highest BCUT2D eigenvalue weighted by Gasteiger charge is 2.19. The average molecular weight is 265 g/mol. The van der Waals surface area contributed by atoms with Crippen LogP contribution in [0.3, 0.4) is 0 Å². The van der Waals surface area contributed by atoms with Gasteiger partial charge in [-0.15, -0.1) is 0 Å². The van der Waals surface area contributed by atoms with E-state index in [0.29, 0.717) is 6.04 Å². The topological polar surface area (TPSA) is 29.9 Å². The smallest absolute Gasteiger partial charge is 0.0522 e. The van der Waals surface area contributed by atoms with Gasteiger partial charge in [-0.05, 0) is 37.8 Å². The normalized spacial score (nSPS) is 14.5. The molecule has 0 bridgehead atoms. The van der Waals surface area contributed by atoms with Crippen molar-refractivity contribution in [2.75, 3.05) is 6.54 Å². The molecule has 1 heterocycles. The van der Waals surface area contributed by atoms with Crippen LogP contribution in [0.15, 0.2) is 12.4 Å². The Morgan fingerprint density at radius 3 is 2.58 bits per heavy atom. The van der Waals surface area contributed by atoms with E-state index in [2.05, 4.69) is 44.3 Å². The van der Waals surface area contributed by atoms with Crippen LogP contribution in [0.2, 0.25) is 0 Å². The van der Waals surface area contributed by atoms with Crippen molar-refractivity contribution in [2.24, 2.45) is 5.92 Å². The third-order valence-electron chi connectivity index (χ3n) is 3.95. The SMILES string of the molecule is CCCCC(CC)C(Cc1cnn(CC)c1)NCC. The minimum Gasteiger partial charge on any atom is -0.314 e. The Balaban J connectivity index is 2.63. The highest BCUT2D eigenvalue weighted by atomic mass is 15.3. The van der Waals surface area contributed by atoms with Gasteiger partial charge in [-0.2, -0.15) is 5.10 Å². The number of nitrogens with zero attached hydrogens (tertiary/aromatic N) is 2. The first-order valence-electron chi connectivity index (χ1n) is 7.99. The lowest BCUT2D eigenvalue weighted by Crippen LogP contribution is -2.37. The maximum atomic E-state index is 4.38. The van der Waals surface area contributed by atoms with Crippen molar-refractivity contribution in [3.8, 4) is 0 Å². The molecule has 2 unspecified atom stereocenters. The second-order valence-electron chi connectivity index (χ2n) is 5.38. The van der Waals surface area contributed by atoms with Gasteiger partial charge in [0.1, 0.15) is 0 Å². The summed E-state index contributed by atoms with van der Waals surface area (Å²) in [5.74, 6) is 0.782. The van der Waals surface area contributed by atoms with Crippen molar-refractivity contribution < 1.29 is 0 Å². The van der Waals surface area contributed by atoms with Crippen LogP contribution in [-0.4, -0.2) is 22.4 Å². The summed E-state index contributed by atoms with van der Waals surface area (Å²) in [6.45, 7) is 10.9. The third kappa shape index (κ3) is 5.35. The van der Waals surface area contributed by atoms with Crippen molar-refractivity contribution in [1.82, 2.24) is 15.1 Å². The van der Waals surface area contributed by atoms with Crippen LogP contribution in [0, 0.1) is 5.92 Å². The standard InChI is InChI=1S/C16H31N3/c1-5-9-10-15(6-2)16(17-7-3)11-14-12-18-19(8-4)13-14/h12-13,15-17H,5-11H2,1-4H3. The lowest BCUT2D eigenvalue weighted by atomic mass is 9.88. The van der Waals surface area contributed by atoms with Gasteiger partial charge in [-0.25, -0.2) is 0 Å². The summed E-state index contributed by atoms with van der Waals surface area (Å²) in [7, 11) is 0. The zero-order valence-electron chi connectivity index (χ0n) is 13.2. The minimum atomic E-state index is 0.594. The Morgan fingerprint density at radius 2 is 2.05 bits per heavy atom. The predicted octanol–water partition coefficient (Wildman–Crippen LogP) is 3.64. The van der Waals surface area contributed by atoms with Crippen LogP contribution < -0.4 is 5.32 Å². The molecule has 0 aromatic carbocycles. The Morgan fingerprint density at radius 1 is 1.26 bits per heavy atom. The lowest BCUT2D eigenvalue weighted by Gasteiger charge is -2.26. The van der Waals surface area contributed by atoms with Gasteiger partial charge in [0, 0.05) is 18.8 Å². The van der Waals surface area contributed by atoms with Gasteiger partial charge in [0.25, 0.3) is 0 Å². The molecule has 3 nitrogen and oxygen atoms in total. The predicted molar refractivity (Wildman–Crippen MR) is 82.4 cm³/mol. The molecule has 0 saturated carbocycles.